The second-order valence-electron chi connectivity index (χ2n) is 5.56. The third-order valence-corrected chi connectivity index (χ3v) is 4.01. The maximum atomic E-state index is 12.3. The van der Waals surface area contributed by atoms with E-state index in [1.165, 1.54) is 7.11 Å². The van der Waals surface area contributed by atoms with Crippen LogP contribution in [0.1, 0.15) is 21.7 Å². The van der Waals surface area contributed by atoms with Gasteiger partial charge in [0.2, 0.25) is 6.79 Å². The summed E-state index contributed by atoms with van der Waals surface area (Å²) in [6.07, 6.45) is 0.375. The molecular weight excluding hydrogens is 324 g/mol. The molecule has 1 aromatic heterocycles. The van der Waals surface area contributed by atoms with Crippen molar-refractivity contribution in [2.24, 2.45) is 0 Å². The Morgan fingerprint density at radius 1 is 1.28 bits per heavy atom. The van der Waals surface area contributed by atoms with Crippen LogP contribution in [0.15, 0.2) is 41.2 Å². The van der Waals surface area contributed by atoms with Crippen molar-refractivity contribution in [1.82, 2.24) is 9.97 Å². The van der Waals surface area contributed by atoms with Crippen LogP contribution in [-0.2, 0) is 11.2 Å². The zero-order chi connectivity index (χ0) is 17.4. The molecular formula is C18H14N2O5. The molecule has 2 heterocycles. The molecule has 7 nitrogen and oxygen atoms in total. The van der Waals surface area contributed by atoms with Gasteiger partial charge in [0.15, 0.2) is 11.5 Å². The van der Waals surface area contributed by atoms with E-state index in [1.54, 1.807) is 18.2 Å². The number of hydrogen-bond acceptors (Lipinski definition) is 6. The number of nitrogens with zero attached hydrogens (tertiary/aromatic N) is 1. The SMILES string of the molecule is COC(=O)c1ccc2c(=O)[nH]c(Cc3cccc4c3OCO4)nc2c1. The maximum absolute atomic E-state index is 12.3. The van der Waals surface area contributed by atoms with Gasteiger partial charge in [0.1, 0.15) is 5.82 Å². The molecule has 3 aromatic rings. The van der Waals surface area contributed by atoms with E-state index >= 15 is 0 Å². The Kier molecular flexibility index (Phi) is 3.61. The molecule has 0 aliphatic carbocycles. The molecule has 0 fully saturated rings. The van der Waals surface area contributed by atoms with Crippen molar-refractivity contribution < 1.29 is 19.0 Å². The average Bonchev–Trinajstić information content (AvgIpc) is 3.10. The second-order valence-corrected chi connectivity index (χ2v) is 5.56. The molecule has 25 heavy (non-hydrogen) atoms. The molecule has 0 saturated carbocycles. The fourth-order valence-electron chi connectivity index (χ4n) is 2.83. The van der Waals surface area contributed by atoms with Gasteiger partial charge in [-0.2, -0.15) is 0 Å². The van der Waals surface area contributed by atoms with Gasteiger partial charge in [-0.15, -0.1) is 0 Å². The van der Waals surface area contributed by atoms with E-state index in [0.29, 0.717) is 40.2 Å². The summed E-state index contributed by atoms with van der Waals surface area (Å²) in [5.41, 5.74) is 1.38. The minimum absolute atomic E-state index is 0.177. The Labute approximate surface area is 142 Å². The summed E-state index contributed by atoms with van der Waals surface area (Å²) in [5, 5.41) is 0.411. The smallest absolute Gasteiger partial charge is 0.337 e. The highest BCUT2D eigenvalue weighted by atomic mass is 16.7. The molecule has 2 aromatic carbocycles. The molecule has 0 spiro atoms. The minimum atomic E-state index is -0.475. The molecule has 126 valence electrons. The molecule has 7 heteroatoms. The van der Waals surface area contributed by atoms with E-state index in [4.69, 9.17) is 14.2 Å². The third kappa shape index (κ3) is 2.69. The number of benzene rings is 2. The van der Waals surface area contributed by atoms with E-state index < -0.39 is 5.97 Å². The van der Waals surface area contributed by atoms with Gasteiger partial charge in [-0.3, -0.25) is 4.79 Å². The summed E-state index contributed by atoms with van der Waals surface area (Å²) < 4.78 is 15.5. The lowest BCUT2D eigenvalue weighted by molar-refractivity contribution is 0.0601. The maximum Gasteiger partial charge on any atom is 0.337 e. The molecule has 1 aliphatic rings. The molecule has 0 atom stereocenters. The molecule has 0 saturated heterocycles. The number of ether oxygens (including phenoxy) is 3. The fourth-order valence-corrected chi connectivity index (χ4v) is 2.83. The number of carbonyl (C=O) groups is 1. The van der Waals surface area contributed by atoms with Crippen LogP contribution < -0.4 is 15.0 Å². The molecule has 0 amide bonds. The summed E-state index contributed by atoms with van der Waals surface area (Å²) in [6, 6.07) is 10.2. The van der Waals surface area contributed by atoms with Gasteiger partial charge in [0.25, 0.3) is 5.56 Å². The van der Waals surface area contributed by atoms with Gasteiger partial charge < -0.3 is 19.2 Å². The zero-order valence-electron chi connectivity index (χ0n) is 13.4. The van der Waals surface area contributed by atoms with E-state index in [9.17, 15) is 9.59 Å². The Hall–Kier alpha value is -3.35. The number of hydrogen-bond donors (Lipinski definition) is 1. The number of fused-ring (bicyclic) bond motifs is 2. The average molecular weight is 338 g/mol. The first-order chi connectivity index (χ1) is 12.2. The predicted molar refractivity (Wildman–Crippen MR) is 89.1 cm³/mol. The molecule has 1 aliphatic heterocycles. The lowest BCUT2D eigenvalue weighted by atomic mass is 10.1. The topological polar surface area (TPSA) is 90.5 Å². The zero-order valence-corrected chi connectivity index (χ0v) is 13.4. The van der Waals surface area contributed by atoms with Crippen LogP contribution >= 0.6 is 0 Å². The number of nitrogens with one attached hydrogen (secondary N) is 1. The molecule has 0 bridgehead atoms. The summed E-state index contributed by atoms with van der Waals surface area (Å²) >= 11 is 0. The van der Waals surface area contributed by atoms with Crippen LogP contribution in [0, 0.1) is 0 Å². The van der Waals surface area contributed by atoms with E-state index in [0.717, 1.165) is 5.56 Å². The standard InChI is InChI=1S/C18H14N2O5/c1-23-18(22)11-5-6-12-13(7-11)19-15(20-17(12)21)8-10-3-2-4-14-16(10)25-9-24-14/h2-7H,8-9H2,1H3,(H,19,20,21). The van der Waals surface area contributed by atoms with Gasteiger partial charge in [-0.25, -0.2) is 9.78 Å². The van der Waals surface area contributed by atoms with Crippen molar-refractivity contribution in [3.8, 4) is 11.5 Å². The van der Waals surface area contributed by atoms with Crippen molar-refractivity contribution in [3.63, 3.8) is 0 Å². The highest BCUT2D eigenvalue weighted by Gasteiger charge is 2.18. The van der Waals surface area contributed by atoms with Crippen LogP contribution in [0.25, 0.3) is 10.9 Å². The highest BCUT2D eigenvalue weighted by molar-refractivity contribution is 5.93. The van der Waals surface area contributed by atoms with Crippen LogP contribution in [0.4, 0.5) is 0 Å². The largest absolute Gasteiger partial charge is 0.465 e. The Balaban J connectivity index is 1.76. The summed E-state index contributed by atoms with van der Waals surface area (Å²) in [7, 11) is 1.31. The lowest BCUT2D eigenvalue weighted by Crippen LogP contribution is -2.13. The minimum Gasteiger partial charge on any atom is -0.465 e. The Morgan fingerprint density at radius 2 is 2.16 bits per heavy atom. The predicted octanol–water partition coefficient (Wildman–Crippen LogP) is 2.03. The molecule has 4 rings (SSSR count). The molecule has 0 unspecified atom stereocenters. The molecule has 1 N–H and O–H groups in total. The van der Waals surface area contributed by atoms with E-state index in [1.807, 2.05) is 18.2 Å². The first-order valence-corrected chi connectivity index (χ1v) is 7.64. The third-order valence-electron chi connectivity index (χ3n) is 4.01. The lowest BCUT2D eigenvalue weighted by Gasteiger charge is -2.07. The van der Waals surface area contributed by atoms with Crippen molar-refractivity contribution in [1.29, 1.82) is 0 Å². The summed E-state index contributed by atoms with van der Waals surface area (Å²) in [5.74, 6) is 1.34. The number of aromatic nitrogens is 2. The second kappa shape index (κ2) is 5.94. The number of aromatic amines is 1. The number of carbonyl (C=O) groups excluding carboxylic acids is 1. The van der Waals surface area contributed by atoms with Crippen molar-refractivity contribution in [2.45, 2.75) is 6.42 Å². The number of methoxy groups -OCH3 is 1. The van der Waals surface area contributed by atoms with Crippen molar-refractivity contribution in [3.05, 3.63) is 63.7 Å². The first kappa shape index (κ1) is 15.2. The Bertz CT molecular complexity index is 1040. The van der Waals surface area contributed by atoms with Gasteiger partial charge in [-0.05, 0) is 24.3 Å². The van der Waals surface area contributed by atoms with Crippen LogP contribution in [0.3, 0.4) is 0 Å². The van der Waals surface area contributed by atoms with Gasteiger partial charge >= 0.3 is 5.97 Å². The fraction of sp³-hybridized carbons (Fsp3) is 0.167. The number of para-hydroxylation sites is 1. The van der Waals surface area contributed by atoms with Crippen molar-refractivity contribution >= 4 is 16.9 Å². The van der Waals surface area contributed by atoms with Gasteiger partial charge in [0, 0.05) is 12.0 Å². The number of esters is 1. The molecule has 0 radical (unpaired) electrons. The summed E-state index contributed by atoms with van der Waals surface area (Å²) in [4.78, 5) is 31.2. The van der Waals surface area contributed by atoms with Crippen LogP contribution in [0.2, 0.25) is 0 Å². The van der Waals surface area contributed by atoms with Gasteiger partial charge in [0.05, 0.1) is 23.6 Å². The first-order valence-electron chi connectivity index (χ1n) is 7.64. The summed E-state index contributed by atoms with van der Waals surface area (Å²) in [6.45, 7) is 0.177. The van der Waals surface area contributed by atoms with Crippen molar-refractivity contribution in [2.75, 3.05) is 13.9 Å². The number of H-pyrrole nitrogens is 1. The van der Waals surface area contributed by atoms with Crippen LogP contribution in [0.5, 0.6) is 11.5 Å². The quantitative estimate of drug-likeness (QED) is 0.735. The Morgan fingerprint density at radius 3 is 3.00 bits per heavy atom. The highest BCUT2D eigenvalue weighted by Crippen LogP contribution is 2.36. The normalized spacial score (nSPS) is 12.4. The monoisotopic (exact) mass is 338 g/mol. The van der Waals surface area contributed by atoms with E-state index in [-0.39, 0.29) is 12.4 Å². The van der Waals surface area contributed by atoms with Crippen LogP contribution in [-0.4, -0.2) is 29.8 Å². The number of rotatable bonds is 3. The van der Waals surface area contributed by atoms with Gasteiger partial charge in [-0.1, -0.05) is 12.1 Å². The van der Waals surface area contributed by atoms with E-state index in [2.05, 4.69) is 9.97 Å².